The Labute approximate surface area is 149 Å². The maximum atomic E-state index is 12.9. The molecule has 2 aliphatic heterocycles. The highest BCUT2D eigenvalue weighted by molar-refractivity contribution is 5.95. The first-order valence-corrected chi connectivity index (χ1v) is 9.33. The monoisotopic (exact) mass is 341 g/mol. The molecule has 3 heterocycles. The predicted molar refractivity (Wildman–Crippen MR) is 97.7 cm³/mol. The van der Waals surface area contributed by atoms with Gasteiger partial charge in [-0.1, -0.05) is 12.2 Å². The number of piperazine rings is 1. The molecule has 1 aliphatic carbocycles. The second-order valence-corrected chi connectivity index (χ2v) is 7.63. The number of rotatable bonds is 2. The van der Waals surface area contributed by atoms with Gasteiger partial charge in [0.05, 0.1) is 11.3 Å². The van der Waals surface area contributed by atoms with Crippen molar-refractivity contribution < 1.29 is 4.79 Å². The third kappa shape index (κ3) is 3.27. The summed E-state index contributed by atoms with van der Waals surface area (Å²) in [5.41, 5.74) is 1.45. The number of likely N-dealkylation sites (tertiary alicyclic amines) is 1. The molecule has 1 aromatic heterocycles. The number of aryl methyl sites for hydroxylation is 1. The van der Waals surface area contributed by atoms with E-state index < -0.39 is 0 Å². The number of carbonyl (C=O) groups excluding carboxylic acids is 1. The van der Waals surface area contributed by atoms with E-state index in [9.17, 15) is 4.79 Å². The van der Waals surface area contributed by atoms with Crippen molar-refractivity contribution in [1.29, 1.82) is 0 Å². The van der Waals surface area contributed by atoms with E-state index in [4.69, 9.17) is 0 Å². The first-order chi connectivity index (χ1) is 12.1. The second kappa shape index (κ2) is 6.75. The lowest BCUT2D eigenvalue weighted by atomic mass is 9.86. The lowest BCUT2D eigenvalue weighted by Gasteiger charge is -2.32. The number of anilines is 1. The van der Waals surface area contributed by atoms with Crippen molar-refractivity contribution in [2.75, 3.05) is 51.2 Å². The molecule has 0 bridgehead atoms. The van der Waals surface area contributed by atoms with Crippen LogP contribution in [0.5, 0.6) is 0 Å². The molecule has 0 N–H and O–H groups in total. The summed E-state index contributed by atoms with van der Waals surface area (Å²) in [4.78, 5) is 28.6. The third-order valence-electron chi connectivity index (χ3n) is 5.89. The zero-order valence-electron chi connectivity index (χ0n) is 15.2. The van der Waals surface area contributed by atoms with Crippen molar-refractivity contribution in [3.63, 3.8) is 0 Å². The number of amides is 1. The van der Waals surface area contributed by atoms with Crippen LogP contribution in [0.15, 0.2) is 18.3 Å². The minimum atomic E-state index is 0.0943. The van der Waals surface area contributed by atoms with Crippen LogP contribution in [0.2, 0.25) is 0 Å². The molecule has 6 nitrogen and oxygen atoms in total. The quantitative estimate of drug-likeness (QED) is 0.765. The summed E-state index contributed by atoms with van der Waals surface area (Å²) >= 11 is 0. The molecule has 1 amide bonds. The summed E-state index contributed by atoms with van der Waals surface area (Å²) in [6.07, 6.45) is 8.46. The standard InChI is InChI=1S/C19H27N5O/c1-14-17(11-20-19(21-14)23-9-7-22(2)8-10-23)18(25)24-12-15-5-3-4-6-16(15)13-24/h3-4,11,15-16H,5-10,12-13H2,1-2H3/t15-,16+. The summed E-state index contributed by atoms with van der Waals surface area (Å²) in [5, 5.41) is 0. The van der Waals surface area contributed by atoms with Crippen molar-refractivity contribution >= 4 is 11.9 Å². The molecule has 0 radical (unpaired) electrons. The molecule has 1 aromatic rings. The SMILES string of the molecule is Cc1nc(N2CCN(C)CC2)ncc1C(=O)N1C[C@H]2CC=CC[C@H]2C1. The first kappa shape index (κ1) is 16.5. The van der Waals surface area contributed by atoms with Gasteiger partial charge in [0.1, 0.15) is 0 Å². The van der Waals surface area contributed by atoms with Gasteiger partial charge in [0.15, 0.2) is 0 Å². The van der Waals surface area contributed by atoms with Crippen LogP contribution in [0.25, 0.3) is 0 Å². The van der Waals surface area contributed by atoms with Crippen LogP contribution in [0, 0.1) is 18.8 Å². The van der Waals surface area contributed by atoms with Crippen LogP contribution in [0.3, 0.4) is 0 Å². The molecule has 4 rings (SSSR count). The molecule has 0 unspecified atom stereocenters. The number of carbonyl (C=O) groups is 1. The third-order valence-corrected chi connectivity index (χ3v) is 5.89. The van der Waals surface area contributed by atoms with Gasteiger partial charge in [0, 0.05) is 45.5 Å². The number of aromatic nitrogens is 2. The second-order valence-electron chi connectivity index (χ2n) is 7.63. The number of fused-ring (bicyclic) bond motifs is 1. The van der Waals surface area contributed by atoms with Crippen molar-refractivity contribution in [2.45, 2.75) is 19.8 Å². The fourth-order valence-corrected chi connectivity index (χ4v) is 4.17. The molecule has 2 fully saturated rings. The summed E-state index contributed by atoms with van der Waals surface area (Å²) in [7, 11) is 2.13. The molecule has 6 heteroatoms. The lowest BCUT2D eigenvalue weighted by molar-refractivity contribution is 0.0782. The van der Waals surface area contributed by atoms with Crippen molar-refractivity contribution in [3.05, 3.63) is 29.6 Å². The molecule has 25 heavy (non-hydrogen) atoms. The topological polar surface area (TPSA) is 52.6 Å². The Kier molecular flexibility index (Phi) is 4.46. The number of likely N-dealkylation sites (N-methyl/N-ethyl adjacent to an activating group) is 1. The predicted octanol–water partition coefficient (Wildman–Crippen LogP) is 1.58. The maximum absolute atomic E-state index is 12.9. The Morgan fingerprint density at radius 2 is 1.72 bits per heavy atom. The van der Waals surface area contributed by atoms with E-state index in [-0.39, 0.29) is 5.91 Å². The summed E-state index contributed by atoms with van der Waals surface area (Å²) in [5.74, 6) is 2.10. The molecular formula is C19H27N5O. The highest BCUT2D eigenvalue weighted by atomic mass is 16.2. The Bertz CT molecular complexity index is 664. The van der Waals surface area contributed by atoms with Crippen LogP contribution in [-0.2, 0) is 0 Å². The smallest absolute Gasteiger partial charge is 0.257 e. The van der Waals surface area contributed by atoms with E-state index in [1.807, 2.05) is 11.8 Å². The van der Waals surface area contributed by atoms with Crippen LogP contribution >= 0.6 is 0 Å². The van der Waals surface area contributed by atoms with Gasteiger partial charge in [0.25, 0.3) is 5.91 Å². The lowest BCUT2D eigenvalue weighted by Crippen LogP contribution is -2.45. The number of hydrogen-bond donors (Lipinski definition) is 0. The van der Waals surface area contributed by atoms with Crippen molar-refractivity contribution in [3.8, 4) is 0 Å². The molecule has 3 aliphatic rings. The Balaban J connectivity index is 1.46. The minimum absolute atomic E-state index is 0.0943. The Morgan fingerprint density at radius 3 is 2.32 bits per heavy atom. The molecule has 0 saturated carbocycles. The van der Waals surface area contributed by atoms with Gasteiger partial charge in [-0.3, -0.25) is 4.79 Å². The highest BCUT2D eigenvalue weighted by Crippen LogP contribution is 2.33. The molecule has 0 aromatic carbocycles. The Hall–Kier alpha value is -1.95. The number of nitrogens with zero attached hydrogens (tertiary/aromatic N) is 5. The van der Waals surface area contributed by atoms with Gasteiger partial charge in [-0.05, 0) is 38.6 Å². The van der Waals surface area contributed by atoms with Gasteiger partial charge >= 0.3 is 0 Å². The average Bonchev–Trinajstić information content (AvgIpc) is 3.06. The average molecular weight is 341 g/mol. The maximum Gasteiger partial charge on any atom is 0.257 e. The van der Waals surface area contributed by atoms with E-state index in [0.717, 1.165) is 63.8 Å². The molecule has 0 spiro atoms. The van der Waals surface area contributed by atoms with Crippen LogP contribution in [-0.4, -0.2) is 72.0 Å². The molecule has 2 atom stereocenters. The fraction of sp³-hybridized carbons (Fsp3) is 0.632. The van der Waals surface area contributed by atoms with E-state index in [0.29, 0.717) is 17.4 Å². The first-order valence-electron chi connectivity index (χ1n) is 9.33. The summed E-state index contributed by atoms with van der Waals surface area (Å²) in [6.45, 7) is 7.58. The van der Waals surface area contributed by atoms with E-state index in [1.165, 1.54) is 0 Å². The zero-order valence-corrected chi connectivity index (χ0v) is 15.2. The van der Waals surface area contributed by atoms with Gasteiger partial charge in [0.2, 0.25) is 5.95 Å². The van der Waals surface area contributed by atoms with Crippen molar-refractivity contribution in [1.82, 2.24) is 19.8 Å². The molecule has 2 saturated heterocycles. The van der Waals surface area contributed by atoms with E-state index in [1.54, 1.807) is 6.20 Å². The largest absolute Gasteiger partial charge is 0.338 e. The van der Waals surface area contributed by atoms with Crippen LogP contribution < -0.4 is 4.90 Å². The van der Waals surface area contributed by atoms with E-state index >= 15 is 0 Å². The molecule has 134 valence electrons. The minimum Gasteiger partial charge on any atom is -0.338 e. The van der Waals surface area contributed by atoms with Gasteiger partial charge in [-0.15, -0.1) is 0 Å². The van der Waals surface area contributed by atoms with Gasteiger partial charge in [-0.2, -0.15) is 0 Å². The number of hydrogen-bond acceptors (Lipinski definition) is 5. The van der Waals surface area contributed by atoms with Gasteiger partial charge in [-0.25, -0.2) is 9.97 Å². The van der Waals surface area contributed by atoms with Crippen LogP contribution in [0.1, 0.15) is 28.9 Å². The summed E-state index contributed by atoms with van der Waals surface area (Å²) in [6, 6.07) is 0. The number of allylic oxidation sites excluding steroid dienone is 2. The van der Waals surface area contributed by atoms with Crippen LogP contribution in [0.4, 0.5) is 5.95 Å². The van der Waals surface area contributed by atoms with Gasteiger partial charge < -0.3 is 14.7 Å². The highest BCUT2D eigenvalue weighted by Gasteiger charge is 2.36. The molecular weight excluding hydrogens is 314 g/mol. The normalized spacial score (nSPS) is 26.8. The fourth-order valence-electron chi connectivity index (χ4n) is 4.17. The van der Waals surface area contributed by atoms with E-state index in [2.05, 4.69) is 39.0 Å². The Morgan fingerprint density at radius 1 is 1.08 bits per heavy atom. The van der Waals surface area contributed by atoms with Crippen molar-refractivity contribution in [2.24, 2.45) is 11.8 Å². The summed E-state index contributed by atoms with van der Waals surface area (Å²) < 4.78 is 0. The zero-order chi connectivity index (χ0) is 17.4.